The fraction of sp³-hybridized carbons (Fsp3) is 0.136. The summed E-state index contributed by atoms with van der Waals surface area (Å²) in [6.07, 6.45) is 0. The zero-order chi connectivity index (χ0) is 20.4. The molecule has 1 N–H and O–H groups in total. The van der Waals surface area contributed by atoms with E-state index >= 15 is 0 Å². The maximum absolute atomic E-state index is 13.1. The Balaban J connectivity index is 1.45. The largest absolute Gasteiger partial charge is 0.350 e. The number of hydrogen-bond acceptors (Lipinski definition) is 3. The molecule has 4 aromatic rings. The quantitative estimate of drug-likeness (QED) is 0.570. The third-order valence-electron chi connectivity index (χ3n) is 4.76. The Labute approximate surface area is 166 Å². The minimum absolute atomic E-state index is 0.210. The van der Waals surface area contributed by atoms with Crippen molar-refractivity contribution in [1.82, 2.24) is 19.7 Å². The van der Waals surface area contributed by atoms with Crippen molar-refractivity contribution in [3.05, 3.63) is 88.6 Å². The summed E-state index contributed by atoms with van der Waals surface area (Å²) < 4.78 is 15.8. The van der Waals surface area contributed by atoms with E-state index in [1.807, 2.05) is 36.4 Å². The minimum atomic E-state index is -0.352. The van der Waals surface area contributed by atoms with E-state index in [0.717, 1.165) is 10.8 Å². The van der Waals surface area contributed by atoms with Gasteiger partial charge in [0.25, 0.3) is 5.91 Å². The summed E-state index contributed by atoms with van der Waals surface area (Å²) in [7, 11) is 1.61. The van der Waals surface area contributed by atoms with Crippen LogP contribution in [-0.2, 0) is 13.6 Å². The van der Waals surface area contributed by atoms with Gasteiger partial charge >= 0.3 is 5.69 Å². The van der Waals surface area contributed by atoms with Crippen LogP contribution in [0.15, 0.2) is 71.5 Å². The van der Waals surface area contributed by atoms with Crippen LogP contribution in [0.1, 0.15) is 10.4 Å². The maximum atomic E-state index is 13.1. The fourth-order valence-electron chi connectivity index (χ4n) is 3.19. The number of nitrogens with one attached hydrogen (secondary N) is 1. The molecule has 0 aliphatic carbocycles. The van der Waals surface area contributed by atoms with E-state index in [1.54, 1.807) is 25.2 Å². The molecule has 0 atom stereocenters. The molecule has 0 bridgehead atoms. The number of rotatable bonds is 5. The van der Waals surface area contributed by atoms with Crippen molar-refractivity contribution in [3.63, 3.8) is 0 Å². The zero-order valence-corrected chi connectivity index (χ0v) is 15.8. The molecule has 4 rings (SSSR count). The lowest BCUT2D eigenvalue weighted by Gasteiger charge is -2.06. The van der Waals surface area contributed by atoms with Gasteiger partial charge in [0.2, 0.25) is 0 Å². The van der Waals surface area contributed by atoms with E-state index in [4.69, 9.17) is 0 Å². The number of benzene rings is 3. The molecule has 0 aliphatic heterocycles. The van der Waals surface area contributed by atoms with E-state index in [1.165, 1.54) is 21.4 Å². The third kappa shape index (κ3) is 3.80. The molecular formula is C22H19FN4O2. The van der Waals surface area contributed by atoms with Crippen molar-refractivity contribution >= 4 is 16.7 Å². The molecule has 0 saturated carbocycles. The van der Waals surface area contributed by atoms with Crippen LogP contribution >= 0.6 is 0 Å². The minimum Gasteiger partial charge on any atom is -0.350 e. The molecule has 0 unspecified atom stereocenters. The van der Waals surface area contributed by atoms with Crippen molar-refractivity contribution in [2.45, 2.75) is 6.54 Å². The lowest BCUT2D eigenvalue weighted by molar-refractivity contribution is 0.0952. The van der Waals surface area contributed by atoms with E-state index in [0.29, 0.717) is 17.0 Å². The van der Waals surface area contributed by atoms with E-state index in [-0.39, 0.29) is 30.5 Å². The standard InChI is InChI=1S/C22H19FN4O2/c1-26-20(16-8-10-19(23)11-9-16)25-27(22(26)29)13-12-24-21(28)18-7-6-15-4-2-3-5-17(15)14-18/h2-11,14H,12-13H2,1H3,(H,24,28). The maximum Gasteiger partial charge on any atom is 0.345 e. The molecule has 0 spiro atoms. The molecule has 0 saturated heterocycles. The number of nitrogens with zero attached hydrogens (tertiary/aromatic N) is 3. The monoisotopic (exact) mass is 390 g/mol. The number of amides is 1. The molecule has 29 heavy (non-hydrogen) atoms. The number of aromatic nitrogens is 3. The number of carbonyl (C=O) groups excluding carboxylic acids is 1. The molecule has 1 aromatic heterocycles. The van der Waals surface area contributed by atoms with Crippen molar-refractivity contribution in [2.24, 2.45) is 7.05 Å². The van der Waals surface area contributed by atoms with Gasteiger partial charge in [0.1, 0.15) is 5.82 Å². The smallest absolute Gasteiger partial charge is 0.345 e. The molecule has 0 radical (unpaired) electrons. The van der Waals surface area contributed by atoms with Gasteiger partial charge in [-0.2, -0.15) is 0 Å². The lowest BCUT2D eigenvalue weighted by Crippen LogP contribution is -2.31. The number of carbonyl (C=O) groups is 1. The van der Waals surface area contributed by atoms with Gasteiger partial charge in [-0.3, -0.25) is 9.36 Å². The normalized spacial score (nSPS) is 11.0. The van der Waals surface area contributed by atoms with Crippen LogP contribution in [0.2, 0.25) is 0 Å². The van der Waals surface area contributed by atoms with Gasteiger partial charge in [-0.1, -0.05) is 30.3 Å². The molecule has 7 heteroatoms. The molecule has 1 amide bonds. The first-order chi connectivity index (χ1) is 14.0. The first kappa shape index (κ1) is 18.6. The predicted molar refractivity (Wildman–Crippen MR) is 109 cm³/mol. The molecule has 1 heterocycles. The number of hydrogen-bond donors (Lipinski definition) is 1. The Morgan fingerprint density at radius 3 is 2.52 bits per heavy atom. The molecule has 0 fully saturated rings. The van der Waals surface area contributed by atoms with Gasteiger partial charge in [-0.25, -0.2) is 13.9 Å². The average Bonchev–Trinajstić information content (AvgIpc) is 3.02. The zero-order valence-electron chi connectivity index (χ0n) is 15.8. The summed E-state index contributed by atoms with van der Waals surface area (Å²) in [4.78, 5) is 24.8. The summed E-state index contributed by atoms with van der Waals surface area (Å²) in [6.45, 7) is 0.485. The van der Waals surface area contributed by atoms with Crippen molar-refractivity contribution in [1.29, 1.82) is 0 Å². The SMILES string of the molecule is Cn1c(-c2ccc(F)cc2)nn(CCNC(=O)c2ccc3ccccc3c2)c1=O. The average molecular weight is 390 g/mol. The third-order valence-corrected chi connectivity index (χ3v) is 4.76. The second-order valence-electron chi connectivity index (χ2n) is 6.71. The Morgan fingerprint density at radius 1 is 1.03 bits per heavy atom. The second-order valence-corrected chi connectivity index (χ2v) is 6.71. The summed E-state index contributed by atoms with van der Waals surface area (Å²) in [5.74, 6) is -0.121. The summed E-state index contributed by atoms with van der Waals surface area (Å²) in [5, 5.41) is 9.19. The molecular weight excluding hydrogens is 371 g/mol. The Morgan fingerprint density at radius 2 is 1.76 bits per heavy atom. The van der Waals surface area contributed by atoms with Crippen LogP contribution in [0.25, 0.3) is 22.2 Å². The summed E-state index contributed by atoms with van der Waals surface area (Å²) >= 11 is 0. The van der Waals surface area contributed by atoms with Crippen LogP contribution in [0.3, 0.4) is 0 Å². The van der Waals surface area contributed by atoms with Crippen LogP contribution in [-0.4, -0.2) is 26.8 Å². The fourth-order valence-corrected chi connectivity index (χ4v) is 3.19. The first-order valence-corrected chi connectivity index (χ1v) is 9.20. The highest BCUT2D eigenvalue weighted by atomic mass is 19.1. The molecule has 0 aliphatic rings. The lowest BCUT2D eigenvalue weighted by atomic mass is 10.1. The number of fused-ring (bicyclic) bond motifs is 1. The van der Waals surface area contributed by atoms with Crippen molar-refractivity contribution < 1.29 is 9.18 Å². The highest BCUT2D eigenvalue weighted by Gasteiger charge is 2.13. The van der Waals surface area contributed by atoms with Crippen LogP contribution < -0.4 is 11.0 Å². The van der Waals surface area contributed by atoms with Gasteiger partial charge in [-0.15, -0.1) is 5.10 Å². The van der Waals surface area contributed by atoms with E-state index in [2.05, 4.69) is 10.4 Å². The summed E-state index contributed by atoms with van der Waals surface area (Å²) in [5.41, 5.74) is 0.901. The van der Waals surface area contributed by atoms with Crippen LogP contribution in [0.4, 0.5) is 4.39 Å². The van der Waals surface area contributed by atoms with Gasteiger partial charge < -0.3 is 5.32 Å². The first-order valence-electron chi connectivity index (χ1n) is 9.20. The van der Waals surface area contributed by atoms with E-state index < -0.39 is 0 Å². The predicted octanol–water partition coefficient (Wildman–Crippen LogP) is 2.97. The van der Waals surface area contributed by atoms with Crippen molar-refractivity contribution in [2.75, 3.05) is 6.54 Å². The van der Waals surface area contributed by atoms with Gasteiger partial charge in [0.05, 0.1) is 6.54 Å². The highest BCUT2D eigenvalue weighted by Crippen LogP contribution is 2.16. The molecule has 6 nitrogen and oxygen atoms in total. The Bertz CT molecular complexity index is 1240. The second kappa shape index (κ2) is 7.71. The van der Waals surface area contributed by atoms with Crippen LogP contribution in [0, 0.1) is 5.82 Å². The van der Waals surface area contributed by atoms with E-state index in [9.17, 15) is 14.0 Å². The van der Waals surface area contributed by atoms with Gasteiger partial charge in [-0.05, 0) is 47.2 Å². The Kier molecular flexibility index (Phi) is 4.95. The van der Waals surface area contributed by atoms with Gasteiger partial charge in [0.15, 0.2) is 5.82 Å². The molecule has 3 aromatic carbocycles. The van der Waals surface area contributed by atoms with Gasteiger partial charge in [0, 0.05) is 24.7 Å². The topological polar surface area (TPSA) is 68.9 Å². The molecule has 146 valence electrons. The Hall–Kier alpha value is -3.74. The van der Waals surface area contributed by atoms with Crippen molar-refractivity contribution in [3.8, 4) is 11.4 Å². The van der Waals surface area contributed by atoms with Crippen LogP contribution in [0.5, 0.6) is 0 Å². The number of halogens is 1. The summed E-state index contributed by atoms with van der Waals surface area (Å²) in [6, 6.07) is 19.1. The highest BCUT2D eigenvalue weighted by molar-refractivity contribution is 5.98.